The molecule has 0 unspecified atom stereocenters. The molecule has 1 aliphatic rings. The van der Waals surface area contributed by atoms with Gasteiger partial charge in [0.15, 0.2) is 17.3 Å². The number of benzene rings is 3. The van der Waals surface area contributed by atoms with E-state index in [1.54, 1.807) is 42.5 Å². The fraction of sp³-hybridized carbons (Fsp3) is 0.130. The Bertz CT molecular complexity index is 1070. The lowest BCUT2D eigenvalue weighted by molar-refractivity contribution is 0.0914. The molecule has 5 nitrogen and oxygen atoms in total. The van der Waals surface area contributed by atoms with Gasteiger partial charge in [0.05, 0.1) is 12.7 Å². The molecule has 5 heteroatoms. The average molecular weight is 373 g/mol. The van der Waals surface area contributed by atoms with Gasteiger partial charge in [-0.2, -0.15) is 0 Å². The first-order chi connectivity index (χ1) is 13.5. The monoisotopic (exact) mass is 373 g/mol. The molecular weight excluding hydrogens is 354 g/mol. The van der Waals surface area contributed by atoms with E-state index in [0.29, 0.717) is 16.8 Å². The number of aryl methyl sites for hydroxylation is 1. The van der Waals surface area contributed by atoms with Crippen LogP contribution in [0.4, 0.5) is 5.69 Å². The molecule has 0 aromatic heterocycles. The highest BCUT2D eigenvalue weighted by Gasteiger charge is 2.42. The molecular formula is C23H19NO4. The minimum atomic E-state index is -0.857. The minimum Gasteiger partial charge on any atom is -0.504 e. The third-order valence-corrected chi connectivity index (χ3v) is 5.01. The van der Waals surface area contributed by atoms with E-state index in [0.717, 1.165) is 5.56 Å². The van der Waals surface area contributed by atoms with Crippen molar-refractivity contribution < 1.29 is 19.4 Å². The topological polar surface area (TPSA) is 66.8 Å². The van der Waals surface area contributed by atoms with Crippen molar-refractivity contribution in [2.24, 2.45) is 0 Å². The highest BCUT2D eigenvalue weighted by molar-refractivity contribution is 6.19. The first kappa shape index (κ1) is 17.8. The van der Waals surface area contributed by atoms with Crippen LogP contribution in [-0.2, 0) is 0 Å². The number of methoxy groups -OCH3 is 1. The van der Waals surface area contributed by atoms with Crippen molar-refractivity contribution in [1.29, 1.82) is 0 Å². The van der Waals surface area contributed by atoms with E-state index >= 15 is 0 Å². The molecule has 0 bridgehead atoms. The lowest BCUT2D eigenvalue weighted by Gasteiger charge is -2.25. The third kappa shape index (κ3) is 2.72. The number of phenolic OH excluding ortho intramolecular Hbond substituents is 1. The summed E-state index contributed by atoms with van der Waals surface area (Å²) in [6.45, 7) is 1.96. The molecule has 0 spiro atoms. The molecule has 3 aromatic rings. The Balaban J connectivity index is 1.87. The maximum absolute atomic E-state index is 13.5. The maximum atomic E-state index is 13.5. The van der Waals surface area contributed by atoms with Crippen LogP contribution in [0.15, 0.2) is 66.7 Å². The number of carbonyl (C=O) groups is 2. The zero-order valence-corrected chi connectivity index (χ0v) is 15.5. The first-order valence-corrected chi connectivity index (χ1v) is 8.92. The fourth-order valence-corrected chi connectivity index (χ4v) is 3.58. The van der Waals surface area contributed by atoms with Gasteiger partial charge in [-0.1, -0.05) is 42.0 Å². The molecule has 4 rings (SSSR count). The van der Waals surface area contributed by atoms with Crippen molar-refractivity contribution >= 4 is 17.4 Å². The van der Waals surface area contributed by atoms with E-state index in [-0.39, 0.29) is 28.8 Å². The lowest BCUT2D eigenvalue weighted by Crippen LogP contribution is -2.32. The maximum Gasteiger partial charge on any atom is 0.259 e. The quantitative estimate of drug-likeness (QED) is 0.693. The number of hydrogen-bond acceptors (Lipinski definition) is 4. The van der Waals surface area contributed by atoms with Crippen molar-refractivity contribution in [3.05, 3.63) is 89.0 Å². The lowest BCUT2D eigenvalue weighted by atomic mass is 9.95. The molecule has 28 heavy (non-hydrogen) atoms. The van der Waals surface area contributed by atoms with Crippen molar-refractivity contribution in [1.82, 2.24) is 0 Å². The van der Waals surface area contributed by atoms with Gasteiger partial charge in [-0.05, 0) is 42.8 Å². The number of aromatic hydroxyl groups is 1. The van der Waals surface area contributed by atoms with Crippen molar-refractivity contribution in [2.75, 3.05) is 12.0 Å². The van der Waals surface area contributed by atoms with Gasteiger partial charge in [0, 0.05) is 11.3 Å². The van der Waals surface area contributed by atoms with Crippen LogP contribution in [0.25, 0.3) is 0 Å². The molecule has 0 saturated heterocycles. The van der Waals surface area contributed by atoms with Crippen LogP contribution in [0, 0.1) is 6.92 Å². The molecule has 1 aliphatic heterocycles. The predicted octanol–water partition coefficient (Wildman–Crippen LogP) is 4.29. The summed E-state index contributed by atoms with van der Waals surface area (Å²) in [5.41, 5.74) is 2.92. The molecule has 0 radical (unpaired) electrons. The van der Waals surface area contributed by atoms with Crippen LogP contribution in [0.3, 0.4) is 0 Å². The number of phenols is 1. The number of amides is 1. The number of nitrogens with zero attached hydrogens (tertiary/aromatic N) is 1. The van der Waals surface area contributed by atoms with E-state index in [9.17, 15) is 14.7 Å². The van der Waals surface area contributed by atoms with Crippen LogP contribution in [0.5, 0.6) is 11.5 Å². The smallest absolute Gasteiger partial charge is 0.259 e. The molecule has 0 aliphatic carbocycles. The standard InChI is InChI=1S/C23H19NO4/c1-14-10-12-15(13-11-14)24-20(16-6-3-4-7-17(16)23(24)27)22(26)18-8-5-9-19(28-2)21(18)25/h3-13,20,25H,1-2H3/t20-/m1/s1. The van der Waals surface area contributed by atoms with Crippen LogP contribution in [0.1, 0.15) is 37.9 Å². The molecule has 1 amide bonds. The van der Waals surface area contributed by atoms with Crippen molar-refractivity contribution in [3.63, 3.8) is 0 Å². The molecule has 1 N–H and O–H groups in total. The van der Waals surface area contributed by atoms with Gasteiger partial charge in [0.2, 0.25) is 0 Å². The van der Waals surface area contributed by atoms with Crippen molar-refractivity contribution in [3.8, 4) is 11.5 Å². The number of ether oxygens (including phenoxy) is 1. The summed E-state index contributed by atoms with van der Waals surface area (Å²) < 4.78 is 5.13. The van der Waals surface area contributed by atoms with Gasteiger partial charge in [-0.15, -0.1) is 0 Å². The largest absolute Gasteiger partial charge is 0.504 e. The van der Waals surface area contributed by atoms with E-state index in [1.807, 2.05) is 31.2 Å². The number of fused-ring (bicyclic) bond motifs is 1. The van der Waals surface area contributed by atoms with Crippen LogP contribution in [0.2, 0.25) is 0 Å². The predicted molar refractivity (Wildman–Crippen MR) is 106 cm³/mol. The Morgan fingerprint density at radius 1 is 1.00 bits per heavy atom. The van der Waals surface area contributed by atoms with Crippen molar-refractivity contribution in [2.45, 2.75) is 13.0 Å². The second-order valence-corrected chi connectivity index (χ2v) is 6.72. The van der Waals surface area contributed by atoms with E-state index < -0.39 is 6.04 Å². The molecule has 0 fully saturated rings. The van der Waals surface area contributed by atoms with Gasteiger partial charge in [0.1, 0.15) is 6.04 Å². The summed E-state index contributed by atoms with van der Waals surface area (Å²) in [4.78, 5) is 28.1. The zero-order valence-electron chi connectivity index (χ0n) is 15.5. The normalized spacial score (nSPS) is 15.4. The highest BCUT2D eigenvalue weighted by Crippen LogP contribution is 2.41. The summed E-state index contributed by atoms with van der Waals surface area (Å²) in [5.74, 6) is -0.614. The molecule has 1 atom stereocenters. The van der Waals surface area contributed by atoms with Crippen LogP contribution >= 0.6 is 0 Å². The first-order valence-electron chi connectivity index (χ1n) is 8.92. The Morgan fingerprint density at radius 3 is 2.43 bits per heavy atom. The van der Waals surface area contributed by atoms with E-state index in [4.69, 9.17) is 4.74 Å². The van der Waals surface area contributed by atoms with E-state index in [2.05, 4.69) is 0 Å². The molecule has 1 heterocycles. The highest BCUT2D eigenvalue weighted by atomic mass is 16.5. The zero-order chi connectivity index (χ0) is 19.8. The van der Waals surface area contributed by atoms with Gasteiger partial charge >= 0.3 is 0 Å². The van der Waals surface area contributed by atoms with E-state index in [1.165, 1.54) is 12.0 Å². The number of para-hydroxylation sites is 1. The Kier molecular flexibility index (Phi) is 4.35. The number of rotatable bonds is 4. The number of Topliss-reactive ketones (excluding diaryl/α,β-unsaturated/α-hetero) is 1. The number of anilines is 1. The second kappa shape index (κ2) is 6.85. The summed E-state index contributed by atoms with van der Waals surface area (Å²) in [6, 6.07) is 18.4. The molecule has 3 aromatic carbocycles. The van der Waals surface area contributed by atoms with Gasteiger partial charge < -0.3 is 9.84 Å². The third-order valence-electron chi connectivity index (χ3n) is 5.01. The number of ketones is 1. The summed E-state index contributed by atoms with van der Waals surface area (Å²) in [7, 11) is 1.43. The van der Waals surface area contributed by atoms with Crippen LogP contribution in [-0.4, -0.2) is 23.9 Å². The van der Waals surface area contributed by atoms with Crippen LogP contribution < -0.4 is 9.64 Å². The Hall–Kier alpha value is -3.60. The van der Waals surface area contributed by atoms with Gasteiger partial charge in [-0.3, -0.25) is 14.5 Å². The van der Waals surface area contributed by atoms with Gasteiger partial charge in [-0.25, -0.2) is 0 Å². The number of carbonyl (C=O) groups excluding carboxylic acids is 2. The SMILES string of the molecule is COc1cccc(C(=O)[C@H]2c3ccccc3C(=O)N2c2ccc(C)cc2)c1O. The second-order valence-electron chi connectivity index (χ2n) is 6.72. The molecule has 0 saturated carbocycles. The fourth-order valence-electron chi connectivity index (χ4n) is 3.58. The van der Waals surface area contributed by atoms with Gasteiger partial charge in [0.25, 0.3) is 5.91 Å². The Labute approximate surface area is 162 Å². The average Bonchev–Trinajstić information content (AvgIpc) is 3.01. The molecule has 140 valence electrons. The minimum absolute atomic E-state index is 0.117. The summed E-state index contributed by atoms with van der Waals surface area (Å²) in [5, 5.41) is 10.5. The Morgan fingerprint density at radius 2 is 1.71 bits per heavy atom. The summed E-state index contributed by atoms with van der Waals surface area (Å²) >= 11 is 0. The number of hydrogen-bond donors (Lipinski definition) is 1. The summed E-state index contributed by atoms with van der Waals surface area (Å²) in [6.07, 6.45) is 0.